The molecule has 0 bridgehead atoms. The van der Waals surface area contributed by atoms with Crippen molar-refractivity contribution in [2.75, 3.05) is 27.2 Å². The minimum Gasteiger partial charge on any atom is -0.357 e. The van der Waals surface area contributed by atoms with Gasteiger partial charge in [-0.2, -0.15) is 0 Å². The smallest absolute Gasteiger partial charge is 0.278 e. The number of likely N-dealkylation sites (N-methyl/N-ethyl adjacent to an activating group) is 2. The number of allylic oxidation sites excluding steroid dienone is 1. The number of carbonyl (C=O) groups is 3. The Balaban J connectivity index is 1.55. The van der Waals surface area contributed by atoms with Crippen molar-refractivity contribution in [1.29, 1.82) is 0 Å². The van der Waals surface area contributed by atoms with E-state index in [9.17, 15) is 14.4 Å². The maximum atomic E-state index is 12.9. The summed E-state index contributed by atoms with van der Waals surface area (Å²) in [7, 11) is 2.67. The van der Waals surface area contributed by atoms with E-state index in [0.29, 0.717) is 5.92 Å². The predicted octanol–water partition coefficient (Wildman–Crippen LogP) is 1.81. The monoisotopic (exact) mass is 474 g/mol. The fourth-order valence-corrected chi connectivity index (χ4v) is 3.86. The van der Waals surface area contributed by atoms with Crippen LogP contribution in [0, 0.1) is 17.8 Å². The van der Waals surface area contributed by atoms with Gasteiger partial charge in [0.25, 0.3) is 17.7 Å². The van der Waals surface area contributed by atoms with Gasteiger partial charge in [-0.05, 0) is 42.8 Å². The van der Waals surface area contributed by atoms with Gasteiger partial charge in [0.05, 0.1) is 0 Å². The summed E-state index contributed by atoms with van der Waals surface area (Å²) in [5.74, 6) is 4.26. The first-order chi connectivity index (χ1) is 16.8. The topological polar surface area (TPSA) is 102 Å². The predicted molar refractivity (Wildman–Crippen MR) is 132 cm³/mol. The number of likely N-dealkylation sites (tertiary alicyclic amines) is 1. The molecule has 1 saturated heterocycles. The molecule has 3 rings (SSSR count). The maximum Gasteiger partial charge on any atom is 0.278 e. The summed E-state index contributed by atoms with van der Waals surface area (Å²) in [6, 6.07) is 17.0. The summed E-state index contributed by atoms with van der Waals surface area (Å²) < 4.78 is 0. The highest BCUT2D eigenvalue weighted by atomic mass is 16.5. The number of hydrogen-bond acceptors (Lipinski definition) is 5. The minimum atomic E-state index is -1.93. The van der Waals surface area contributed by atoms with Crippen LogP contribution >= 0.6 is 0 Å². The molecule has 8 nitrogen and oxygen atoms in total. The molecular formula is C27H30N4O4. The zero-order valence-electron chi connectivity index (χ0n) is 20.1. The fraction of sp³-hybridized carbons (Fsp3) is 0.296. The van der Waals surface area contributed by atoms with Gasteiger partial charge in [0.1, 0.15) is 0 Å². The molecule has 0 saturated carbocycles. The third-order valence-corrected chi connectivity index (χ3v) is 6.22. The average molecular weight is 475 g/mol. The second kappa shape index (κ2) is 11.5. The number of rotatable bonds is 7. The molecule has 8 heteroatoms. The minimum absolute atomic E-state index is 0.280. The van der Waals surface area contributed by atoms with E-state index in [1.54, 1.807) is 24.3 Å². The first-order valence-electron chi connectivity index (χ1n) is 11.3. The zero-order valence-corrected chi connectivity index (χ0v) is 20.1. The van der Waals surface area contributed by atoms with E-state index in [0.717, 1.165) is 30.1 Å². The SMILES string of the molecule is CNC(=O)[C@@](C)(C(=O)NO)N(C)C(=O)c1ccc(C#C/C=C/C2CN(Cc3ccccc3)C2)cc1. The highest BCUT2D eigenvalue weighted by Gasteiger charge is 2.47. The summed E-state index contributed by atoms with van der Waals surface area (Å²) in [6.07, 6.45) is 3.98. The van der Waals surface area contributed by atoms with E-state index >= 15 is 0 Å². The van der Waals surface area contributed by atoms with Gasteiger partial charge in [-0.1, -0.05) is 48.2 Å². The Kier molecular flexibility index (Phi) is 8.42. The summed E-state index contributed by atoms with van der Waals surface area (Å²) in [6.45, 7) is 4.25. The van der Waals surface area contributed by atoms with Crippen LogP contribution in [0.4, 0.5) is 0 Å². The van der Waals surface area contributed by atoms with Gasteiger partial charge in [-0.15, -0.1) is 0 Å². The van der Waals surface area contributed by atoms with Gasteiger partial charge in [-0.3, -0.25) is 24.5 Å². The van der Waals surface area contributed by atoms with Gasteiger partial charge >= 0.3 is 0 Å². The maximum absolute atomic E-state index is 12.9. The van der Waals surface area contributed by atoms with Crippen molar-refractivity contribution in [3.8, 4) is 11.8 Å². The van der Waals surface area contributed by atoms with Crippen molar-refractivity contribution in [3.05, 3.63) is 83.4 Å². The van der Waals surface area contributed by atoms with Crippen molar-refractivity contribution in [3.63, 3.8) is 0 Å². The van der Waals surface area contributed by atoms with Crippen LogP contribution in [-0.2, 0) is 16.1 Å². The molecule has 0 aliphatic carbocycles. The standard InChI is InChI=1S/C27H30N4O4/c1-27(25(33)28-2,26(34)29-35)30(3)24(32)23-15-13-20(14-16-23)9-7-8-12-22-18-31(19-22)17-21-10-5-4-6-11-21/h4-6,8,10-16,22,35H,17-19H2,1-3H3,(H,28,33)(H,29,34)/b12-8+/t27-/m0/s1. The molecule has 1 fully saturated rings. The van der Waals surface area contributed by atoms with E-state index in [1.807, 2.05) is 12.1 Å². The van der Waals surface area contributed by atoms with E-state index in [1.165, 1.54) is 32.1 Å². The largest absolute Gasteiger partial charge is 0.357 e. The molecular weight excluding hydrogens is 444 g/mol. The molecule has 2 aromatic rings. The summed E-state index contributed by atoms with van der Waals surface area (Å²) in [5.41, 5.74) is 1.85. The van der Waals surface area contributed by atoms with Crippen LogP contribution in [-0.4, -0.2) is 65.5 Å². The highest BCUT2D eigenvalue weighted by Crippen LogP contribution is 2.20. The Morgan fingerprint density at radius 3 is 2.37 bits per heavy atom. The van der Waals surface area contributed by atoms with Crippen molar-refractivity contribution in [2.24, 2.45) is 5.92 Å². The van der Waals surface area contributed by atoms with Gasteiger partial charge in [0, 0.05) is 50.8 Å². The summed E-state index contributed by atoms with van der Waals surface area (Å²) in [5, 5.41) is 11.4. The van der Waals surface area contributed by atoms with Gasteiger partial charge < -0.3 is 10.2 Å². The third-order valence-electron chi connectivity index (χ3n) is 6.22. The van der Waals surface area contributed by atoms with Crippen molar-refractivity contribution in [1.82, 2.24) is 20.6 Å². The second-order valence-corrected chi connectivity index (χ2v) is 8.60. The molecule has 0 aromatic heterocycles. The highest BCUT2D eigenvalue weighted by molar-refractivity contribution is 6.12. The van der Waals surface area contributed by atoms with Crippen molar-refractivity contribution < 1.29 is 19.6 Å². The first-order valence-corrected chi connectivity index (χ1v) is 11.3. The Labute approximate surface area is 205 Å². The molecule has 1 aliphatic heterocycles. The van der Waals surface area contributed by atoms with Gasteiger partial charge in [0.15, 0.2) is 5.54 Å². The number of amides is 3. The lowest BCUT2D eigenvalue weighted by Crippen LogP contribution is -2.64. The lowest BCUT2D eigenvalue weighted by atomic mass is 9.96. The molecule has 182 valence electrons. The molecule has 0 unspecified atom stereocenters. The van der Waals surface area contributed by atoms with Crippen LogP contribution in [0.3, 0.4) is 0 Å². The number of nitrogens with zero attached hydrogens (tertiary/aromatic N) is 2. The molecule has 1 heterocycles. The quantitative estimate of drug-likeness (QED) is 0.246. The molecule has 3 amide bonds. The lowest BCUT2D eigenvalue weighted by molar-refractivity contribution is -0.148. The normalized spacial score (nSPS) is 15.3. The Bertz CT molecular complexity index is 1130. The number of hydroxylamine groups is 1. The number of benzene rings is 2. The second-order valence-electron chi connectivity index (χ2n) is 8.60. The fourth-order valence-electron chi connectivity index (χ4n) is 3.86. The van der Waals surface area contributed by atoms with Crippen LogP contribution in [0.15, 0.2) is 66.7 Å². The Hall–Kier alpha value is -3.93. The van der Waals surface area contributed by atoms with E-state index < -0.39 is 23.3 Å². The summed E-state index contributed by atoms with van der Waals surface area (Å²) >= 11 is 0. The van der Waals surface area contributed by atoms with Gasteiger partial charge in [0.2, 0.25) is 0 Å². The molecule has 0 radical (unpaired) electrons. The zero-order chi connectivity index (χ0) is 25.4. The molecule has 1 aliphatic rings. The molecule has 35 heavy (non-hydrogen) atoms. The average Bonchev–Trinajstić information content (AvgIpc) is 2.87. The van der Waals surface area contributed by atoms with Gasteiger partial charge in [-0.25, -0.2) is 5.48 Å². The van der Waals surface area contributed by atoms with Crippen LogP contribution in [0.25, 0.3) is 0 Å². The van der Waals surface area contributed by atoms with E-state index in [4.69, 9.17) is 5.21 Å². The number of hydrogen-bond donors (Lipinski definition) is 3. The van der Waals surface area contributed by atoms with E-state index in [-0.39, 0.29) is 5.56 Å². The van der Waals surface area contributed by atoms with Crippen LogP contribution in [0.1, 0.15) is 28.4 Å². The Morgan fingerprint density at radius 1 is 1.11 bits per heavy atom. The first kappa shape index (κ1) is 25.7. The molecule has 2 aromatic carbocycles. The van der Waals surface area contributed by atoms with E-state index in [2.05, 4.69) is 52.4 Å². The third kappa shape index (κ3) is 5.96. The van der Waals surface area contributed by atoms with Crippen molar-refractivity contribution in [2.45, 2.75) is 19.0 Å². The number of nitrogens with one attached hydrogen (secondary N) is 2. The van der Waals surface area contributed by atoms with Crippen LogP contribution in [0.2, 0.25) is 0 Å². The lowest BCUT2D eigenvalue weighted by Gasteiger charge is -2.37. The van der Waals surface area contributed by atoms with Crippen molar-refractivity contribution >= 4 is 17.7 Å². The number of carbonyl (C=O) groups excluding carboxylic acids is 3. The Morgan fingerprint density at radius 2 is 1.77 bits per heavy atom. The van der Waals surface area contributed by atoms with Crippen LogP contribution < -0.4 is 10.8 Å². The van der Waals surface area contributed by atoms with Crippen LogP contribution in [0.5, 0.6) is 0 Å². The molecule has 3 N–H and O–H groups in total. The summed E-state index contributed by atoms with van der Waals surface area (Å²) in [4.78, 5) is 40.7. The molecule has 0 spiro atoms. The molecule has 1 atom stereocenters.